The maximum absolute atomic E-state index is 11.9. The van der Waals surface area contributed by atoms with Gasteiger partial charge in [-0.05, 0) is 67.2 Å². The van der Waals surface area contributed by atoms with Gasteiger partial charge in [-0.2, -0.15) is 0 Å². The number of methoxy groups -OCH3 is 1. The number of amides is 1. The van der Waals surface area contributed by atoms with E-state index in [0.717, 1.165) is 5.56 Å². The number of hydrogen-bond acceptors (Lipinski definition) is 5. The monoisotopic (exact) mass is 392 g/mol. The number of thiocarbonyl (C=S) groups is 1. The van der Waals surface area contributed by atoms with Crippen molar-refractivity contribution in [1.82, 2.24) is 5.32 Å². The van der Waals surface area contributed by atoms with E-state index < -0.39 is 11.9 Å². The van der Waals surface area contributed by atoms with Crippen LogP contribution in [0.4, 0.5) is 5.69 Å². The van der Waals surface area contributed by atoms with Crippen LogP contribution >= 0.6 is 23.8 Å². The fourth-order valence-corrected chi connectivity index (χ4v) is 2.51. The average Bonchev–Trinajstić information content (AvgIpc) is 2.60. The molecule has 2 rings (SSSR count). The minimum Gasteiger partial charge on any atom is -0.483 e. The second-order valence-corrected chi connectivity index (χ2v) is 6.11. The van der Waals surface area contributed by atoms with Crippen LogP contribution < -0.4 is 15.4 Å². The first-order chi connectivity index (χ1) is 12.4. The van der Waals surface area contributed by atoms with Crippen molar-refractivity contribution < 1.29 is 19.1 Å². The predicted octanol–water partition coefficient (Wildman–Crippen LogP) is 3.33. The molecule has 0 saturated carbocycles. The van der Waals surface area contributed by atoms with Crippen molar-refractivity contribution in [3.8, 4) is 5.75 Å². The molecule has 8 heteroatoms. The van der Waals surface area contributed by atoms with Crippen molar-refractivity contribution in [1.29, 1.82) is 0 Å². The van der Waals surface area contributed by atoms with Crippen molar-refractivity contribution in [2.75, 3.05) is 19.0 Å². The van der Waals surface area contributed by atoms with Crippen LogP contribution in [-0.4, -0.2) is 30.7 Å². The smallest absolute Gasteiger partial charge is 0.337 e. The van der Waals surface area contributed by atoms with E-state index in [-0.39, 0.29) is 11.7 Å². The molecule has 2 aromatic rings. The normalized spacial score (nSPS) is 9.96. The maximum Gasteiger partial charge on any atom is 0.337 e. The van der Waals surface area contributed by atoms with Gasteiger partial charge in [0.2, 0.25) is 0 Å². The zero-order valence-electron chi connectivity index (χ0n) is 14.2. The lowest BCUT2D eigenvalue weighted by Gasteiger charge is -2.12. The minimum absolute atomic E-state index is 0.122. The largest absolute Gasteiger partial charge is 0.483 e. The third-order valence-corrected chi connectivity index (χ3v) is 3.75. The highest BCUT2D eigenvalue weighted by atomic mass is 35.5. The number of nitrogens with one attached hydrogen (secondary N) is 2. The Morgan fingerprint density at radius 2 is 1.85 bits per heavy atom. The van der Waals surface area contributed by atoms with E-state index in [2.05, 4.69) is 15.4 Å². The molecule has 0 fully saturated rings. The molecule has 0 aromatic heterocycles. The van der Waals surface area contributed by atoms with E-state index >= 15 is 0 Å². The summed E-state index contributed by atoms with van der Waals surface area (Å²) in [7, 11) is 1.31. The number of anilines is 1. The standard InChI is InChI=1S/C18H17ClN2O4S/c1-11-9-13(19)5-8-15(11)25-10-16(22)21-18(26)20-14-6-3-12(4-7-14)17(23)24-2/h3-9H,10H2,1-2H3,(H2,20,21,22,26). The Labute approximate surface area is 161 Å². The summed E-state index contributed by atoms with van der Waals surface area (Å²) in [5.41, 5.74) is 1.87. The van der Waals surface area contributed by atoms with Crippen molar-refractivity contribution in [2.24, 2.45) is 0 Å². The molecular formula is C18H17ClN2O4S. The summed E-state index contributed by atoms with van der Waals surface area (Å²) in [5.74, 6) is -0.257. The van der Waals surface area contributed by atoms with Crippen LogP contribution in [0.5, 0.6) is 5.75 Å². The van der Waals surface area contributed by atoms with E-state index in [1.54, 1.807) is 42.5 Å². The summed E-state index contributed by atoms with van der Waals surface area (Å²) in [5, 5.41) is 6.09. The van der Waals surface area contributed by atoms with Gasteiger partial charge in [0.15, 0.2) is 11.7 Å². The summed E-state index contributed by atoms with van der Waals surface area (Å²) in [6.07, 6.45) is 0. The summed E-state index contributed by atoms with van der Waals surface area (Å²) in [6, 6.07) is 11.6. The maximum atomic E-state index is 11.9. The number of halogens is 1. The van der Waals surface area contributed by atoms with Gasteiger partial charge in [0.25, 0.3) is 5.91 Å². The van der Waals surface area contributed by atoms with Crippen LogP contribution in [0.25, 0.3) is 0 Å². The molecule has 0 aliphatic heterocycles. The molecule has 0 spiro atoms. The van der Waals surface area contributed by atoms with Gasteiger partial charge in [0, 0.05) is 10.7 Å². The molecule has 0 aliphatic carbocycles. The first kappa shape index (κ1) is 19.7. The highest BCUT2D eigenvalue weighted by Crippen LogP contribution is 2.21. The third-order valence-electron chi connectivity index (χ3n) is 3.31. The first-order valence-corrected chi connectivity index (χ1v) is 8.36. The van der Waals surface area contributed by atoms with Crippen LogP contribution in [0.1, 0.15) is 15.9 Å². The lowest BCUT2D eigenvalue weighted by Crippen LogP contribution is -2.37. The second kappa shape index (κ2) is 9.17. The fourth-order valence-electron chi connectivity index (χ4n) is 2.05. The lowest BCUT2D eigenvalue weighted by atomic mass is 10.2. The lowest BCUT2D eigenvalue weighted by molar-refractivity contribution is -0.121. The highest BCUT2D eigenvalue weighted by Gasteiger charge is 2.09. The van der Waals surface area contributed by atoms with E-state index in [0.29, 0.717) is 22.0 Å². The summed E-state index contributed by atoms with van der Waals surface area (Å²) < 4.78 is 10.1. The molecular weight excluding hydrogens is 376 g/mol. The van der Waals surface area contributed by atoms with Gasteiger partial charge in [-0.3, -0.25) is 10.1 Å². The van der Waals surface area contributed by atoms with Crippen molar-refractivity contribution in [3.05, 3.63) is 58.6 Å². The Morgan fingerprint density at radius 1 is 1.15 bits per heavy atom. The van der Waals surface area contributed by atoms with Gasteiger partial charge in [-0.25, -0.2) is 4.79 Å². The van der Waals surface area contributed by atoms with Crippen molar-refractivity contribution in [3.63, 3.8) is 0 Å². The van der Waals surface area contributed by atoms with E-state index in [9.17, 15) is 9.59 Å². The zero-order valence-corrected chi connectivity index (χ0v) is 15.7. The molecule has 0 saturated heterocycles. The van der Waals surface area contributed by atoms with Crippen molar-refractivity contribution >= 4 is 46.5 Å². The van der Waals surface area contributed by atoms with E-state index in [1.165, 1.54) is 7.11 Å². The van der Waals surface area contributed by atoms with Crippen LogP contribution in [0.15, 0.2) is 42.5 Å². The molecule has 6 nitrogen and oxygen atoms in total. The fraction of sp³-hybridized carbons (Fsp3) is 0.167. The molecule has 136 valence electrons. The van der Waals surface area contributed by atoms with Crippen LogP contribution in [0.2, 0.25) is 5.02 Å². The number of carbonyl (C=O) groups excluding carboxylic acids is 2. The van der Waals surface area contributed by atoms with Crippen LogP contribution in [-0.2, 0) is 9.53 Å². The zero-order chi connectivity index (χ0) is 19.1. The summed E-state index contributed by atoms with van der Waals surface area (Å²) >= 11 is 11.0. The third kappa shape index (κ3) is 5.72. The molecule has 1 amide bonds. The molecule has 2 N–H and O–H groups in total. The minimum atomic E-state index is -0.429. The second-order valence-electron chi connectivity index (χ2n) is 5.27. The molecule has 26 heavy (non-hydrogen) atoms. The number of esters is 1. The molecule has 0 unspecified atom stereocenters. The molecule has 0 radical (unpaired) electrons. The summed E-state index contributed by atoms with van der Waals surface area (Å²) in [4.78, 5) is 23.3. The van der Waals surface area contributed by atoms with Crippen LogP contribution in [0.3, 0.4) is 0 Å². The summed E-state index contributed by atoms with van der Waals surface area (Å²) in [6.45, 7) is 1.65. The number of ether oxygens (including phenoxy) is 2. The van der Waals surface area contributed by atoms with Gasteiger partial charge in [0.1, 0.15) is 5.75 Å². The van der Waals surface area contributed by atoms with Gasteiger partial charge in [0.05, 0.1) is 12.7 Å². The number of hydrogen-bond donors (Lipinski definition) is 2. The number of rotatable bonds is 5. The van der Waals surface area contributed by atoms with Gasteiger partial charge >= 0.3 is 5.97 Å². The highest BCUT2D eigenvalue weighted by molar-refractivity contribution is 7.80. The molecule has 0 aliphatic rings. The average molecular weight is 393 g/mol. The predicted molar refractivity (Wildman–Crippen MR) is 104 cm³/mol. The molecule has 0 bridgehead atoms. The molecule has 0 heterocycles. The van der Waals surface area contributed by atoms with E-state index in [4.69, 9.17) is 28.6 Å². The Morgan fingerprint density at radius 3 is 2.46 bits per heavy atom. The van der Waals surface area contributed by atoms with Crippen molar-refractivity contribution in [2.45, 2.75) is 6.92 Å². The first-order valence-electron chi connectivity index (χ1n) is 7.57. The Bertz CT molecular complexity index is 824. The topological polar surface area (TPSA) is 76.7 Å². The SMILES string of the molecule is COC(=O)c1ccc(NC(=S)NC(=O)COc2ccc(Cl)cc2C)cc1. The Hall–Kier alpha value is -2.64. The van der Waals surface area contributed by atoms with Crippen LogP contribution in [0, 0.1) is 6.92 Å². The van der Waals surface area contributed by atoms with Gasteiger partial charge in [-0.1, -0.05) is 11.6 Å². The molecule has 2 aromatic carbocycles. The number of benzene rings is 2. The number of aryl methyl sites for hydroxylation is 1. The Balaban J connectivity index is 1.83. The molecule has 0 atom stereocenters. The van der Waals surface area contributed by atoms with Gasteiger partial charge < -0.3 is 14.8 Å². The Kier molecular flexibility index (Phi) is 6.94. The van der Waals surface area contributed by atoms with E-state index in [1.807, 2.05) is 6.92 Å². The van der Waals surface area contributed by atoms with Gasteiger partial charge in [-0.15, -0.1) is 0 Å². The quantitative estimate of drug-likeness (QED) is 0.600. The number of carbonyl (C=O) groups is 2.